The second-order valence-electron chi connectivity index (χ2n) is 3.58. The Kier molecular flexibility index (Phi) is 3.26. The van der Waals surface area contributed by atoms with Gasteiger partial charge < -0.3 is 9.67 Å². The molecule has 0 saturated carbocycles. The van der Waals surface area contributed by atoms with E-state index in [0.29, 0.717) is 0 Å². The molecule has 0 aliphatic rings. The molecule has 0 amide bonds. The molecule has 0 spiro atoms. The van der Waals surface area contributed by atoms with Crippen molar-refractivity contribution in [1.82, 2.24) is 9.55 Å². The molecule has 6 heteroatoms. The van der Waals surface area contributed by atoms with Crippen molar-refractivity contribution in [2.24, 2.45) is 7.05 Å². The van der Waals surface area contributed by atoms with E-state index < -0.39 is 23.3 Å². The highest BCUT2D eigenvalue weighted by Crippen LogP contribution is 2.28. The Bertz CT molecular complexity index is 533. The molecule has 90 valence electrons. The molecule has 1 aromatic heterocycles. The number of rotatable bonds is 2. The number of aromatic nitrogens is 2. The van der Waals surface area contributed by atoms with Crippen LogP contribution in [0.5, 0.6) is 0 Å². The van der Waals surface area contributed by atoms with E-state index >= 15 is 0 Å². The van der Waals surface area contributed by atoms with Crippen LogP contribution < -0.4 is 0 Å². The summed E-state index contributed by atoms with van der Waals surface area (Å²) in [6.45, 7) is 0. The molecule has 3 nitrogen and oxygen atoms in total. The summed E-state index contributed by atoms with van der Waals surface area (Å²) in [5.74, 6) is -1.44. The number of benzene rings is 1. The first kappa shape index (κ1) is 12.2. The van der Waals surface area contributed by atoms with Gasteiger partial charge in [0.25, 0.3) is 0 Å². The van der Waals surface area contributed by atoms with E-state index in [1.807, 2.05) is 0 Å². The van der Waals surface area contributed by atoms with E-state index in [2.05, 4.69) is 20.9 Å². The Labute approximate surface area is 105 Å². The molecule has 1 atom stereocenters. The molecule has 1 N–H and O–H groups in total. The zero-order valence-electron chi connectivity index (χ0n) is 8.86. The predicted molar refractivity (Wildman–Crippen MR) is 61.3 cm³/mol. The summed E-state index contributed by atoms with van der Waals surface area (Å²) in [5.41, 5.74) is -0.400. The number of aryl methyl sites for hydroxylation is 1. The second kappa shape index (κ2) is 4.54. The average Bonchev–Trinajstić information content (AvgIpc) is 2.62. The second-order valence-corrected chi connectivity index (χ2v) is 4.50. The number of aliphatic hydroxyl groups is 1. The smallest absolute Gasteiger partial charge is 0.142 e. The molecule has 2 aromatic rings. The highest BCUT2D eigenvalue weighted by atomic mass is 79.9. The summed E-state index contributed by atoms with van der Waals surface area (Å²) >= 11 is 2.98. The summed E-state index contributed by atoms with van der Waals surface area (Å²) in [6.07, 6.45) is 1.61. The summed E-state index contributed by atoms with van der Waals surface area (Å²) in [4.78, 5) is 3.86. The van der Waals surface area contributed by atoms with Crippen molar-refractivity contribution in [1.29, 1.82) is 0 Å². The fourth-order valence-corrected chi connectivity index (χ4v) is 1.99. The molecule has 0 aliphatic carbocycles. The molecule has 1 aromatic carbocycles. The Morgan fingerprint density at radius 3 is 2.41 bits per heavy atom. The van der Waals surface area contributed by atoms with Gasteiger partial charge in [-0.1, -0.05) is 15.9 Å². The molecule has 0 radical (unpaired) electrons. The van der Waals surface area contributed by atoms with Crippen LogP contribution in [0.15, 0.2) is 29.0 Å². The minimum atomic E-state index is -1.43. The molecular weight excluding hydrogens is 294 g/mol. The van der Waals surface area contributed by atoms with Gasteiger partial charge in [0.2, 0.25) is 0 Å². The maximum atomic E-state index is 13.6. The lowest BCUT2D eigenvalue weighted by molar-refractivity contribution is 0.195. The zero-order valence-corrected chi connectivity index (χ0v) is 10.4. The van der Waals surface area contributed by atoms with Gasteiger partial charge in [-0.05, 0) is 12.1 Å². The molecule has 17 heavy (non-hydrogen) atoms. The normalized spacial score (nSPS) is 12.8. The minimum Gasteiger partial charge on any atom is -0.380 e. The summed E-state index contributed by atoms with van der Waals surface area (Å²) in [5, 5.41) is 9.94. The highest BCUT2D eigenvalue weighted by Gasteiger charge is 2.23. The van der Waals surface area contributed by atoms with E-state index in [1.54, 1.807) is 13.2 Å². The predicted octanol–water partition coefficient (Wildman–Crippen LogP) is 2.54. The Hall–Kier alpha value is -1.27. The van der Waals surface area contributed by atoms with Crippen LogP contribution in [0.1, 0.15) is 17.5 Å². The highest BCUT2D eigenvalue weighted by molar-refractivity contribution is 9.10. The maximum Gasteiger partial charge on any atom is 0.142 e. The molecular formula is C11H9BrF2N2O. The van der Waals surface area contributed by atoms with Crippen LogP contribution in [0, 0.1) is 11.6 Å². The van der Waals surface area contributed by atoms with Crippen molar-refractivity contribution in [3.05, 3.63) is 52.0 Å². The standard InChI is InChI=1S/C11H9BrF2N2O/c1-16-3-2-15-11(16)10(17)9-7(13)4-6(12)5-8(9)14/h2-5,10,17H,1H3. The van der Waals surface area contributed by atoms with Crippen LogP contribution in [0.2, 0.25) is 0 Å². The summed E-state index contributed by atoms with van der Waals surface area (Å²) < 4.78 is 29.0. The van der Waals surface area contributed by atoms with Gasteiger partial charge in [-0.15, -0.1) is 0 Å². The first-order valence-corrected chi connectivity index (χ1v) is 5.59. The molecule has 1 heterocycles. The number of halogens is 3. The lowest BCUT2D eigenvalue weighted by Gasteiger charge is -2.13. The van der Waals surface area contributed by atoms with Crippen molar-refractivity contribution in [3.8, 4) is 0 Å². The average molecular weight is 303 g/mol. The Balaban J connectivity index is 2.51. The van der Waals surface area contributed by atoms with E-state index in [9.17, 15) is 13.9 Å². The SMILES string of the molecule is Cn1ccnc1C(O)c1c(F)cc(Br)cc1F. The van der Waals surface area contributed by atoms with Crippen LogP contribution in [0.3, 0.4) is 0 Å². The van der Waals surface area contributed by atoms with Gasteiger partial charge in [0, 0.05) is 23.9 Å². The minimum absolute atomic E-state index is 0.185. The lowest BCUT2D eigenvalue weighted by atomic mass is 10.1. The van der Waals surface area contributed by atoms with Gasteiger partial charge in [0.05, 0.1) is 5.56 Å². The molecule has 0 saturated heterocycles. The fraction of sp³-hybridized carbons (Fsp3) is 0.182. The van der Waals surface area contributed by atoms with E-state index in [1.165, 1.54) is 10.8 Å². The number of hydrogen-bond acceptors (Lipinski definition) is 2. The fourth-order valence-electron chi connectivity index (χ4n) is 1.58. The largest absolute Gasteiger partial charge is 0.380 e. The molecule has 2 rings (SSSR count). The van der Waals surface area contributed by atoms with Crippen LogP contribution >= 0.6 is 15.9 Å². The molecule has 0 aliphatic heterocycles. The lowest BCUT2D eigenvalue weighted by Crippen LogP contribution is -2.11. The third-order valence-electron chi connectivity index (χ3n) is 2.42. The van der Waals surface area contributed by atoms with Crippen molar-refractivity contribution in [2.45, 2.75) is 6.10 Å². The third-order valence-corrected chi connectivity index (χ3v) is 2.88. The molecule has 0 bridgehead atoms. The number of nitrogens with zero attached hydrogens (tertiary/aromatic N) is 2. The van der Waals surface area contributed by atoms with Crippen LogP contribution in [0.4, 0.5) is 8.78 Å². The number of imidazole rings is 1. The molecule has 0 fully saturated rings. The van der Waals surface area contributed by atoms with E-state index in [0.717, 1.165) is 12.1 Å². The number of aliphatic hydroxyl groups excluding tert-OH is 1. The first-order valence-electron chi connectivity index (χ1n) is 4.80. The first-order chi connectivity index (χ1) is 8.00. The van der Waals surface area contributed by atoms with E-state index in [4.69, 9.17) is 0 Å². The van der Waals surface area contributed by atoms with Crippen molar-refractivity contribution in [3.63, 3.8) is 0 Å². The Morgan fingerprint density at radius 1 is 1.35 bits per heavy atom. The van der Waals surface area contributed by atoms with E-state index in [-0.39, 0.29) is 10.3 Å². The maximum absolute atomic E-state index is 13.6. The third kappa shape index (κ3) is 2.23. The summed E-state index contributed by atoms with van der Waals surface area (Å²) in [6, 6.07) is 2.20. The summed E-state index contributed by atoms with van der Waals surface area (Å²) in [7, 11) is 1.64. The van der Waals surface area contributed by atoms with Crippen molar-refractivity contribution < 1.29 is 13.9 Å². The zero-order chi connectivity index (χ0) is 12.6. The quantitative estimate of drug-likeness (QED) is 0.926. The topological polar surface area (TPSA) is 38.0 Å². The monoisotopic (exact) mass is 302 g/mol. The van der Waals surface area contributed by atoms with Gasteiger partial charge in [0.1, 0.15) is 23.6 Å². The van der Waals surface area contributed by atoms with Gasteiger partial charge in [-0.3, -0.25) is 0 Å². The van der Waals surface area contributed by atoms with Gasteiger partial charge in [0.15, 0.2) is 0 Å². The molecule has 1 unspecified atom stereocenters. The van der Waals surface area contributed by atoms with Crippen LogP contribution in [-0.2, 0) is 7.05 Å². The van der Waals surface area contributed by atoms with Gasteiger partial charge in [-0.2, -0.15) is 0 Å². The van der Waals surface area contributed by atoms with Crippen LogP contribution in [-0.4, -0.2) is 14.7 Å². The van der Waals surface area contributed by atoms with Gasteiger partial charge >= 0.3 is 0 Å². The van der Waals surface area contributed by atoms with Gasteiger partial charge in [-0.25, -0.2) is 13.8 Å². The van der Waals surface area contributed by atoms with Crippen LogP contribution in [0.25, 0.3) is 0 Å². The Morgan fingerprint density at radius 2 is 1.94 bits per heavy atom. The van der Waals surface area contributed by atoms with Crippen molar-refractivity contribution >= 4 is 15.9 Å². The van der Waals surface area contributed by atoms with Crippen molar-refractivity contribution in [2.75, 3.05) is 0 Å². The number of hydrogen-bond donors (Lipinski definition) is 1.